The van der Waals surface area contributed by atoms with Gasteiger partial charge in [-0.2, -0.15) is 13.2 Å². The van der Waals surface area contributed by atoms with Crippen molar-refractivity contribution in [2.45, 2.75) is 18.7 Å². The second-order valence-electron chi connectivity index (χ2n) is 4.09. The van der Waals surface area contributed by atoms with Gasteiger partial charge < -0.3 is 9.52 Å². The zero-order chi connectivity index (χ0) is 13.4. The van der Waals surface area contributed by atoms with Crippen LogP contribution in [0.15, 0.2) is 47.3 Å². The lowest BCUT2D eigenvalue weighted by Gasteiger charge is -2.30. The quantitative estimate of drug-likeness (QED) is 0.893. The zero-order valence-electron chi connectivity index (χ0n) is 9.53. The lowest BCUT2D eigenvalue weighted by atomic mass is 9.86. The third-order valence-corrected chi connectivity index (χ3v) is 2.79. The summed E-state index contributed by atoms with van der Waals surface area (Å²) >= 11 is 0. The Hall–Kier alpha value is -1.75. The first-order valence-corrected chi connectivity index (χ1v) is 5.24. The molecule has 96 valence electrons. The first-order chi connectivity index (χ1) is 8.35. The van der Waals surface area contributed by atoms with Crippen LogP contribution in [0.3, 0.4) is 0 Å². The first kappa shape index (κ1) is 12.7. The van der Waals surface area contributed by atoms with Crippen LogP contribution in [0.1, 0.15) is 16.7 Å². The van der Waals surface area contributed by atoms with Crippen LogP contribution in [-0.2, 0) is 5.60 Å². The fourth-order valence-corrected chi connectivity index (χ4v) is 1.83. The first-order valence-electron chi connectivity index (χ1n) is 5.24. The smallest absolute Gasteiger partial charge is 0.425 e. The predicted molar refractivity (Wildman–Crippen MR) is 58.9 cm³/mol. The predicted octanol–water partition coefficient (Wildman–Crippen LogP) is 3.39. The van der Waals surface area contributed by atoms with Gasteiger partial charge >= 0.3 is 6.18 Å². The van der Waals surface area contributed by atoms with E-state index in [1.807, 2.05) is 0 Å². The van der Waals surface area contributed by atoms with E-state index in [1.54, 1.807) is 13.0 Å². The molecule has 0 spiro atoms. The van der Waals surface area contributed by atoms with Crippen molar-refractivity contribution >= 4 is 0 Å². The summed E-state index contributed by atoms with van der Waals surface area (Å²) in [6, 6.07) is 6.79. The maximum Gasteiger partial charge on any atom is 0.425 e. The van der Waals surface area contributed by atoms with E-state index < -0.39 is 11.8 Å². The van der Waals surface area contributed by atoms with Gasteiger partial charge in [-0.05, 0) is 18.6 Å². The van der Waals surface area contributed by atoms with Gasteiger partial charge in [0.1, 0.15) is 0 Å². The molecule has 5 heteroatoms. The molecular weight excluding hydrogens is 245 g/mol. The average molecular weight is 256 g/mol. The lowest BCUT2D eigenvalue weighted by Crippen LogP contribution is -2.43. The van der Waals surface area contributed by atoms with Gasteiger partial charge in [-0.1, -0.05) is 29.8 Å². The molecule has 0 fully saturated rings. The third-order valence-electron chi connectivity index (χ3n) is 2.79. The summed E-state index contributed by atoms with van der Waals surface area (Å²) < 4.78 is 44.2. The highest BCUT2D eigenvalue weighted by atomic mass is 19.4. The molecule has 1 aromatic carbocycles. The van der Waals surface area contributed by atoms with E-state index in [4.69, 9.17) is 0 Å². The van der Waals surface area contributed by atoms with Gasteiger partial charge in [0, 0.05) is 5.56 Å². The van der Waals surface area contributed by atoms with E-state index in [0.717, 1.165) is 18.6 Å². The molecule has 0 aliphatic carbocycles. The summed E-state index contributed by atoms with van der Waals surface area (Å²) in [6.45, 7) is 1.66. The molecule has 2 rings (SSSR count). The molecule has 2 nitrogen and oxygen atoms in total. The van der Waals surface area contributed by atoms with Gasteiger partial charge in [-0.25, -0.2) is 0 Å². The fraction of sp³-hybridized carbons (Fsp3) is 0.231. The molecule has 0 aliphatic heterocycles. The molecule has 18 heavy (non-hydrogen) atoms. The van der Waals surface area contributed by atoms with Crippen LogP contribution in [-0.4, -0.2) is 11.3 Å². The lowest BCUT2D eigenvalue weighted by molar-refractivity contribution is -0.248. The van der Waals surface area contributed by atoms with Crippen LogP contribution in [0.4, 0.5) is 13.2 Å². The zero-order valence-corrected chi connectivity index (χ0v) is 9.53. The standard InChI is InChI=1S/C13H11F3O2/c1-9-3-2-4-10(7-9)12(17,13(14,15)16)11-5-6-18-8-11/h2-8,17H,1H3. The van der Waals surface area contributed by atoms with Crippen molar-refractivity contribution in [1.82, 2.24) is 0 Å². The number of aryl methyl sites for hydroxylation is 1. The van der Waals surface area contributed by atoms with Crippen LogP contribution in [0.2, 0.25) is 0 Å². The SMILES string of the molecule is Cc1cccc(C(O)(c2ccoc2)C(F)(F)F)c1. The molecule has 0 saturated heterocycles. The van der Waals surface area contributed by atoms with E-state index in [0.29, 0.717) is 5.56 Å². The van der Waals surface area contributed by atoms with E-state index in [1.165, 1.54) is 18.2 Å². The minimum Gasteiger partial charge on any atom is -0.472 e. The van der Waals surface area contributed by atoms with E-state index in [2.05, 4.69) is 4.42 Å². The van der Waals surface area contributed by atoms with Crippen molar-refractivity contribution in [3.63, 3.8) is 0 Å². The largest absolute Gasteiger partial charge is 0.472 e. The Balaban J connectivity index is 2.64. The highest BCUT2D eigenvalue weighted by Gasteiger charge is 2.56. The molecule has 1 N–H and O–H groups in total. The Morgan fingerprint density at radius 2 is 1.83 bits per heavy atom. The molecule has 0 aliphatic rings. The summed E-state index contributed by atoms with van der Waals surface area (Å²) in [5.74, 6) is 0. The number of benzene rings is 1. The molecule has 1 atom stereocenters. The minimum absolute atomic E-state index is 0.226. The number of hydrogen-bond acceptors (Lipinski definition) is 2. The number of furan rings is 1. The molecule has 1 aromatic heterocycles. The number of aliphatic hydroxyl groups is 1. The maximum absolute atomic E-state index is 13.2. The van der Waals surface area contributed by atoms with Crippen LogP contribution < -0.4 is 0 Å². The Labute approximate surface area is 102 Å². The number of halogens is 3. The Bertz CT molecular complexity index is 531. The van der Waals surface area contributed by atoms with E-state index in [-0.39, 0.29) is 11.1 Å². The topological polar surface area (TPSA) is 33.4 Å². The summed E-state index contributed by atoms with van der Waals surface area (Å²) in [6.07, 6.45) is -2.83. The fourth-order valence-electron chi connectivity index (χ4n) is 1.83. The molecular formula is C13H11F3O2. The van der Waals surface area contributed by atoms with Crippen molar-refractivity contribution in [3.05, 3.63) is 59.5 Å². The molecule has 1 heterocycles. The second-order valence-corrected chi connectivity index (χ2v) is 4.09. The highest BCUT2D eigenvalue weighted by molar-refractivity contribution is 5.38. The van der Waals surface area contributed by atoms with Crippen LogP contribution in [0, 0.1) is 6.92 Å². The van der Waals surface area contributed by atoms with E-state index >= 15 is 0 Å². The maximum atomic E-state index is 13.2. The van der Waals surface area contributed by atoms with Crippen LogP contribution in [0.5, 0.6) is 0 Å². The molecule has 0 bridgehead atoms. The van der Waals surface area contributed by atoms with Gasteiger partial charge in [0.2, 0.25) is 5.60 Å². The number of hydrogen-bond donors (Lipinski definition) is 1. The van der Waals surface area contributed by atoms with Crippen molar-refractivity contribution in [2.75, 3.05) is 0 Å². The molecule has 0 radical (unpaired) electrons. The molecule has 0 amide bonds. The van der Waals surface area contributed by atoms with Gasteiger partial charge in [-0.15, -0.1) is 0 Å². The normalized spacial score (nSPS) is 15.4. The van der Waals surface area contributed by atoms with Crippen molar-refractivity contribution in [2.24, 2.45) is 0 Å². The van der Waals surface area contributed by atoms with Crippen LogP contribution in [0.25, 0.3) is 0 Å². The average Bonchev–Trinajstić information content (AvgIpc) is 2.80. The monoisotopic (exact) mass is 256 g/mol. The van der Waals surface area contributed by atoms with Gasteiger partial charge in [0.15, 0.2) is 0 Å². The summed E-state index contributed by atoms with van der Waals surface area (Å²) in [5.41, 5.74) is -2.97. The minimum atomic E-state index is -4.83. The molecule has 0 saturated carbocycles. The number of alkyl halides is 3. The van der Waals surface area contributed by atoms with Crippen molar-refractivity contribution in [3.8, 4) is 0 Å². The Kier molecular flexibility index (Phi) is 2.94. The number of rotatable bonds is 2. The second kappa shape index (κ2) is 4.17. The third kappa shape index (κ3) is 1.90. The molecule has 1 unspecified atom stereocenters. The summed E-state index contributed by atoms with van der Waals surface area (Å²) in [5, 5.41) is 10.1. The van der Waals surface area contributed by atoms with Crippen LogP contribution >= 0.6 is 0 Å². The molecule has 2 aromatic rings. The van der Waals surface area contributed by atoms with Gasteiger partial charge in [0.25, 0.3) is 0 Å². The van der Waals surface area contributed by atoms with E-state index in [9.17, 15) is 18.3 Å². The van der Waals surface area contributed by atoms with Gasteiger partial charge in [-0.3, -0.25) is 0 Å². The van der Waals surface area contributed by atoms with Crippen molar-refractivity contribution in [1.29, 1.82) is 0 Å². The van der Waals surface area contributed by atoms with Crippen molar-refractivity contribution < 1.29 is 22.7 Å². The Morgan fingerprint density at radius 1 is 1.11 bits per heavy atom. The summed E-state index contributed by atoms with van der Waals surface area (Å²) in [7, 11) is 0. The summed E-state index contributed by atoms with van der Waals surface area (Å²) in [4.78, 5) is 0. The van der Waals surface area contributed by atoms with Gasteiger partial charge in [0.05, 0.1) is 12.5 Å². The highest BCUT2D eigenvalue weighted by Crippen LogP contribution is 2.44. The Morgan fingerprint density at radius 3 is 2.33 bits per heavy atom.